The Hall–Kier alpha value is -13.7. The predicted octanol–water partition coefficient (Wildman–Crippen LogP) is 22.4. The van der Waals surface area contributed by atoms with E-state index in [-0.39, 0.29) is 108 Å². The molecule has 3 fully saturated rings. The van der Waals surface area contributed by atoms with Gasteiger partial charge in [-0.15, -0.1) is 0 Å². The van der Waals surface area contributed by atoms with Crippen molar-refractivity contribution in [1.82, 2.24) is 32.8 Å². The van der Waals surface area contributed by atoms with Gasteiger partial charge in [-0.2, -0.15) is 13.2 Å². The number of benzene rings is 11. The number of hydrogen-bond acceptors (Lipinski definition) is 15. The quantitative estimate of drug-likeness (QED) is 0.0470. The molecule has 0 saturated heterocycles. The summed E-state index contributed by atoms with van der Waals surface area (Å²) in [5.41, 5.74) is 7.29. The van der Waals surface area contributed by atoms with Crippen LogP contribution in [0.1, 0.15) is 75.1 Å². The van der Waals surface area contributed by atoms with Gasteiger partial charge in [0.2, 0.25) is 5.88 Å². The number of para-hydroxylation sites is 1. The maximum absolute atomic E-state index is 13.5. The van der Waals surface area contributed by atoms with Crippen LogP contribution >= 0.6 is 69.6 Å². The van der Waals surface area contributed by atoms with Crippen LogP contribution in [-0.4, -0.2) is 116 Å². The van der Waals surface area contributed by atoms with Crippen LogP contribution in [0, 0.1) is 18.3 Å². The molecule has 0 bridgehead atoms. The van der Waals surface area contributed by atoms with Gasteiger partial charge in [0.05, 0.1) is 134 Å². The Bertz CT molecular complexity index is 8160. The minimum Gasteiger partial charge on any atom is -0.493 e. The highest BCUT2D eigenvalue weighted by Gasteiger charge is 2.88. The summed E-state index contributed by atoms with van der Waals surface area (Å²) >= 11 is 37.5. The van der Waals surface area contributed by atoms with E-state index in [1.807, 2.05) is 73.7 Å². The van der Waals surface area contributed by atoms with E-state index in [2.05, 4.69) is 35.9 Å². The summed E-state index contributed by atoms with van der Waals surface area (Å²) in [6.45, 7) is 6.58. The van der Waals surface area contributed by atoms with Crippen molar-refractivity contribution >= 4 is 208 Å². The van der Waals surface area contributed by atoms with E-state index in [0.29, 0.717) is 108 Å². The van der Waals surface area contributed by atoms with Gasteiger partial charge in [-0.1, -0.05) is 156 Å². The Morgan fingerprint density at radius 1 is 0.437 bits per heavy atom. The minimum atomic E-state index is -4.55. The second kappa shape index (κ2) is 36.6. The second-order valence-corrected chi connectivity index (χ2v) is 36.4. The molecule has 135 heavy (non-hydrogen) atoms. The first kappa shape index (κ1) is 94.5. The number of carboxylic acids is 5. The van der Waals surface area contributed by atoms with Crippen molar-refractivity contribution in [3.8, 4) is 40.0 Å². The molecule has 6 heterocycles. The SMILES string of the molecule is CC(C)c1ccc2c(c1)c1ccc(Cl)c(Cl)c1n2CC(=O)O.COc1c(Cl)ccc2c(=O)c3ccc(-c4cccc(C)c4)cc3n(CC(=O)O)c12.COc1c(Cl)ccc2c(=O)c3ccc(C(C)(C)C(F)(F)F)cc3n(CC(=O)O)c12.COc1c(Cl)ccc2c(=O)c3ccc(C45CC6CC64C5)cc3n(CC(=O)O)c12.O=C(O)Cn1c2ccccc2c(=O)c2ccc(Cl)c(Oc3cnccn3)c21. The number of pyridine rings is 4. The highest BCUT2D eigenvalue weighted by Crippen LogP contribution is 2.94. The third kappa shape index (κ3) is 17.0. The number of nitrogens with zero attached hydrogens (tertiary/aromatic N) is 7. The lowest BCUT2D eigenvalue weighted by molar-refractivity contribution is -0.180. The fraction of sp³-hybridized carbons (Fsp3) is 0.218. The maximum atomic E-state index is 13.5. The van der Waals surface area contributed by atoms with Crippen molar-refractivity contribution in [3.63, 3.8) is 0 Å². The van der Waals surface area contributed by atoms with Gasteiger partial charge >= 0.3 is 36.0 Å². The van der Waals surface area contributed by atoms with Crippen LogP contribution in [0.15, 0.2) is 220 Å². The highest BCUT2D eigenvalue weighted by molar-refractivity contribution is 6.46. The molecular formula is C101H80Cl6F3N7O18. The second-order valence-electron chi connectivity index (χ2n) is 34.0. The molecule has 3 aliphatic rings. The molecule has 3 aliphatic carbocycles. The van der Waals surface area contributed by atoms with Crippen LogP contribution in [0.3, 0.4) is 0 Å². The number of rotatable bonds is 19. The zero-order chi connectivity index (χ0) is 96.8. The molecule has 5 N–H and O–H groups in total. The van der Waals surface area contributed by atoms with E-state index < -0.39 is 53.4 Å². The molecule has 1 spiro atoms. The number of carboxylic acid groups (broad SMARTS) is 5. The molecule has 690 valence electrons. The number of alkyl halides is 3. The molecule has 0 radical (unpaired) electrons. The van der Waals surface area contributed by atoms with Crippen LogP contribution in [-0.2, 0) is 67.5 Å². The third-order valence-electron chi connectivity index (χ3n) is 25.5. The first-order chi connectivity index (χ1) is 64.2. The Kier molecular flexibility index (Phi) is 25.6. The van der Waals surface area contributed by atoms with Gasteiger partial charge in [0.25, 0.3) is 0 Å². The number of aryl methyl sites for hydroxylation is 1. The molecule has 34 heteroatoms. The zero-order valence-electron chi connectivity index (χ0n) is 72.9. The summed E-state index contributed by atoms with van der Waals surface area (Å²) in [7, 11) is 4.23. The molecule has 3 unspecified atom stereocenters. The van der Waals surface area contributed by atoms with Crippen LogP contribution in [0.4, 0.5) is 13.2 Å². The normalized spacial score (nSPS) is 15.2. The van der Waals surface area contributed by atoms with Gasteiger partial charge in [-0.25, -0.2) is 4.98 Å². The number of fused-ring (bicyclic) bond motifs is 11. The van der Waals surface area contributed by atoms with Crippen molar-refractivity contribution in [2.75, 3.05) is 21.3 Å². The van der Waals surface area contributed by atoms with Crippen molar-refractivity contribution in [2.45, 2.75) is 110 Å². The average Bonchev–Trinajstić information content (AvgIpc) is 1.42. The van der Waals surface area contributed by atoms with E-state index in [1.54, 1.807) is 80.4 Å². The van der Waals surface area contributed by atoms with Gasteiger partial charge in [-0.3, -0.25) is 48.1 Å². The topological polar surface area (TPSA) is 342 Å². The average molecular weight is 1950 g/mol. The lowest BCUT2D eigenvalue weighted by Crippen LogP contribution is -2.36. The number of hydrogen-bond donors (Lipinski definition) is 5. The van der Waals surface area contributed by atoms with Crippen LogP contribution < -0.4 is 40.7 Å². The number of carbonyl (C=O) groups is 5. The summed E-state index contributed by atoms with van der Waals surface area (Å²) in [6.07, 6.45) is 3.55. The van der Waals surface area contributed by atoms with Gasteiger partial charge in [-0.05, 0) is 200 Å². The summed E-state index contributed by atoms with van der Waals surface area (Å²) in [4.78, 5) is 118. The van der Waals surface area contributed by atoms with Gasteiger partial charge in [0, 0.05) is 55.6 Å². The molecule has 3 saturated carbocycles. The molecule has 0 amide bonds. The monoisotopic (exact) mass is 1950 g/mol. The first-order valence-corrected chi connectivity index (χ1v) is 44.2. The van der Waals surface area contributed by atoms with Crippen molar-refractivity contribution in [2.24, 2.45) is 11.3 Å². The summed E-state index contributed by atoms with van der Waals surface area (Å²) in [5, 5.41) is 53.6. The first-order valence-electron chi connectivity index (χ1n) is 42.0. The van der Waals surface area contributed by atoms with E-state index >= 15 is 0 Å². The third-order valence-corrected chi connectivity index (χ3v) is 27.5. The fourth-order valence-electron chi connectivity index (χ4n) is 18.8. The van der Waals surface area contributed by atoms with Crippen molar-refractivity contribution in [1.29, 1.82) is 0 Å². The Morgan fingerprint density at radius 2 is 0.859 bits per heavy atom. The van der Waals surface area contributed by atoms with Crippen LogP contribution in [0.5, 0.6) is 28.9 Å². The van der Waals surface area contributed by atoms with E-state index in [4.69, 9.17) is 88.6 Å². The Balaban J connectivity index is 0.000000123. The number of aliphatic carboxylic acids is 5. The van der Waals surface area contributed by atoms with Crippen LogP contribution in [0.2, 0.25) is 30.1 Å². The highest BCUT2D eigenvalue weighted by atomic mass is 35.5. The van der Waals surface area contributed by atoms with Gasteiger partial charge in [0.1, 0.15) is 32.7 Å². The molecule has 0 aliphatic heterocycles. The Labute approximate surface area is 793 Å². The fourth-order valence-corrected chi connectivity index (χ4v) is 20.1. The van der Waals surface area contributed by atoms with E-state index in [9.17, 15) is 81.9 Å². The zero-order valence-corrected chi connectivity index (χ0v) is 77.5. The van der Waals surface area contributed by atoms with Crippen molar-refractivity contribution < 1.29 is 81.6 Å². The van der Waals surface area contributed by atoms with E-state index in [0.717, 1.165) is 52.7 Å². The lowest BCUT2D eigenvalue weighted by Gasteiger charge is -2.29. The molecule has 20 rings (SSSR count). The van der Waals surface area contributed by atoms with Crippen molar-refractivity contribution in [3.05, 3.63) is 294 Å². The van der Waals surface area contributed by atoms with Crippen LogP contribution in [0.25, 0.3) is 120 Å². The van der Waals surface area contributed by atoms with Gasteiger partial charge < -0.3 is 67.3 Å². The van der Waals surface area contributed by atoms with E-state index in [1.165, 1.54) is 116 Å². The standard InChI is InChI=1S/C23H18ClNO4.C22H18ClNO4.C20H17ClF3NO4.C19H12ClN3O4.C17H15Cl2NO2/c1-13-4-3-5-14(10-13)15-6-7-16-19(11-15)25(12-20(26)27)21-17(22(16)28)8-9-18(24)23(21)29-2;1-28-20-15(23)5-4-14-18(20)24(9-17(25)26)16-6-11(2-3-13(16)19(14)27)21-7-12-8-22(12,21)10-21;1-19(2,20(22,23)24)10-4-5-11-14(8-10)25(9-15(26)27)16-12(17(11)28)6-7-13(21)18(16)29-3;20-13-6-5-12-17(19(13)27-15-9-21-7-8-22-15)23(10-16(24)25)14-4-2-1-3-11(14)18(12)26;1-9(2)10-3-6-14-12(7-10)11-4-5-13(18)16(19)17(11)20(14)8-15(21)22/h3-11H,12H2,1-2H3,(H,26,27);2-6,12H,7-10H2,1H3,(H,25,26);4-8H,9H2,1-3H3,(H,26,27);1-9H,10H2,(H,24,25);3-7,9H,8H2,1-2H3,(H,21,22). The maximum Gasteiger partial charge on any atom is 0.397 e. The molecule has 3 atom stereocenters. The summed E-state index contributed by atoms with van der Waals surface area (Å²) < 4.78 is 70.3. The van der Waals surface area contributed by atoms with Gasteiger partial charge in [0.15, 0.2) is 44.7 Å². The molecular weight excluding hydrogens is 1870 g/mol. The smallest absolute Gasteiger partial charge is 0.397 e. The molecule has 17 aromatic rings. The lowest BCUT2D eigenvalue weighted by atomic mass is 9.78. The summed E-state index contributed by atoms with van der Waals surface area (Å²) in [6, 6.07) is 52.1. The number of ether oxygens (including phenoxy) is 4. The molecule has 25 nitrogen and oxygen atoms in total. The number of halogens is 9. The number of aromatic nitrogens is 7. The summed E-state index contributed by atoms with van der Waals surface area (Å²) in [5.74, 6) is -2.94. The largest absolute Gasteiger partial charge is 0.493 e. The Morgan fingerprint density at radius 3 is 1.31 bits per heavy atom. The molecule has 6 aromatic heterocycles. The number of methoxy groups -OCH3 is 3. The minimum absolute atomic E-state index is 0.0558. The molecule has 11 aromatic carbocycles. The predicted molar refractivity (Wildman–Crippen MR) is 517 cm³/mol.